The fraction of sp³-hybridized carbons (Fsp3) is 0. The predicted octanol–water partition coefficient (Wildman–Crippen LogP) is 4.37. The zero-order valence-electron chi connectivity index (χ0n) is 14.4. The maximum atomic E-state index is 12.9. The van der Waals surface area contributed by atoms with Gasteiger partial charge in [-0.2, -0.15) is 0 Å². The zero-order valence-corrected chi connectivity index (χ0v) is 14.4. The van der Waals surface area contributed by atoms with Crippen LogP contribution in [0, 0.1) is 5.82 Å². The number of nitrogens with zero attached hydrogens (tertiary/aromatic N) is 1. The molecular formula is C21H13FN2O4. The zero-order chi connectivity index (χ0) is 19.5. The van der Waals surface area contributed by atoms with Gasteiger partial charge in [-0.05, 0) is 42.5 Å². The van der Waals surface area contributed by atoms with Gasteiger partial charge in [0.2, 0.25) is 5.88 Å². The van der Waals surface area contributed by atoms with E-state index >= 15 is 0 Å². The van der Waals surface area contributed by atoms with Crippen molar-refractivity contribution in [2.45, 2.75) is 0 Å². The minimum atomic E-state index is -0.572. The smallest absolute Gasteiger partial charge is 0.291 e. The fourth-order valence-electron chi connectivity index (χ4n) is 2.55. The Kier molecular flexibility index (Phi) is 4.55. The van der Waals surface area contributed by atoms with Crippen molar-refractivity contribution in [3.63, 3.8) is 0 Å². The van der Waals surface area contributed by atoms with Crippen molar-refractivity contribution in [3.05, 3.63) is 94.7 Å². The number of nitrogens with one attached hydrogen (secondary N) is 1. The van der Waals surface area contributed by atoms with Gasteiger partial charge < -0.3 is 14.5 Å². The van der Waals surface area contributed by atoms with E-state index in [-0.39, 0.29) is 22.9 Å². The van der Waals surface area contributed by atoms with E-state index in [1.54, 1.807) is 36.4 Å². The van der Waals surface area contributed by atoms with Crippen molar-refractivity contribution in [2.24, 2.45) is 0 Å². The number of amides is 1. The molecule has 1 amide bonds. The quantitative estimate of drug-likeness (QED) is 0.572. The van der Waals surface area contributed by atoms with E-state index in [0.29, 0.717) is 22.4 Å². The fourth-order valence-corrected chi connectivity index (χ4v) is 2.55. The van der Waals surface area contributed by atoms with Crippen molar-refractivity contribution in [2.75, 3.05) is 5.32 Å². The predicted molar refractivity (Wildman–Crippen MR) is 101 cm³/mol. The second kappa shape index (κ2) is 7.32. The number of hydrogen-bond donors (Lipinski definition) is 1. The molecule has 0 atom stereocenters. The molecule has 0 bridgehead atoms. The van der Waals surface area contributed by atoms with Crippen LogP contribution in [0.2, 0.25) is 0 Å². The Morgan fingerprint density at radius 2 is 1.82 bits per heavy atom. The summed E-state index contributed by atoms with van der Waals surface area (Å²) >= 11 is 0. The summed E-state index contributed by atoms with van der Waals surface area (Å²) in [7, 11) is 0. The third-order valence-electron chi connectivity index (χ3n) is 3.89. The minimum Gasteiger partial charge on any atom is -0.451 e. The third-order valence-corrected chi connectivity index (χ3v) is 3.89. The van der Waals surface area contributed by atoms with E-state index in [1.165, 1.54) is 30.5 Å². The third kappa shape index (κ3) is 3.73. The Bertz CT molecular complexity index is 1200. The largest absolute Gasteiger partial charge is 0.451 e. The molecular weight excluding hydrogens is 363 g/mol. The van der Waals surface area contributed by atoms with E-state index in [0.717, 1.165) is 6.07 Å². The van der Waals surface area contributed by atoms with Gasteiger partial charge in [0.15, 0.2) is 11.2 Å². The number of aromatic nitrogens is 1. The number of carbonyl (C=O) groups excluding carboxylic acids is 1. The monoisotopic (exact) mass is 376 g/mol. The molecule has 4 aromatic rings. The number of para-hydroxylation sites is 1. The molecule has 4 rings (SSSR count). The molecule has 28 heavy (non-hydrogen) atoms. The summed E-state index contributed by atoms with van der Waals surface area (Å²) in [5.41, 5.74) is 0.432. The lowest BCUT2D eigenvalue weighted by Crippen LogP contribution is -2.15. The SMILES string of the molecule is O=C(Nc1ccc(Oc2ccc(F)cc2)nc1)c1cc(=O)c2ccccc2o1. The summed E-state index contributed by atoms with van der Waals surface area (Å²) in [6.07, 6.45) is 1.40. The first kappa shape index (κ1) is 17.4. The summed E-state index contributed by atoms with van der Waals surface area (Å²) in [5.74, 6) is -0.323. The van der Waals surface area contributed by atoms with Crippen LogP contribution in [0.1, 0.15) is 10.6 Å². The number of rotatable bonds is 4. The van der Waals surface area contributed by atoms with Crippen LogP contribution in [0.4, 0.5) is 10.1 Å². The highest BCUT2D eigenvalue weighted by molar-refractivity contribution is 6.02. The van der Waals surface area contributed by atoms with Gasteiger partial charge in [-0.1, -0.05) is 12.1 Å². The van der Waals surface area contributed by atoms with Crippen molar-refractivity contribution < 1.29 is 18.3 Å². The van der Waals surface area contributed by atoms with Crippen LogP contribution < -0.4 is 15.5 Å². The van der Waals surface area contributed by atoms with Gasteiger partial charge >= 0.3 is 0 Å². The normalized spacial score (nSPS) is 10.6. The number of pyridine rings is 1. The van der Waals surface area contributed by atoms with E-state index in [9.17, 15) is 14.0 Å². The van der Waals surface area contributed by atoms with E-state index in [2.05, 4.69) is 10.3 Å². The maximum absolute atomic E-state index is 12.9. The lowest BCUT2D eigenvalue weighted by atomic mass is 10.2. The van der Waals surface area contributed by atoms with Crippen molar-refractivity contribution in [1.82, 2.24) is 4.98 Å². The molecule has 2 heterocycles. The summed E-state index contributed by atoms with van der Waals surface area (Å²) in [4.78, 5) is 28.6. The average molecular weight is 376 g/mol. The molecule has 0 radical (unpaired) electrons. The summed E-state index contributed by atoms with van der Waals surface area (Å²) in [6, 6.07) is 16.5. The van der Waals surface area contributed by atoms with Gasteiger partial charge in [-0.15, -0.1) is 0 Å². The molecule has 6 nitrogen and oxygen atoms in total. The lowest BCUT2D eigenvalue weighted by molar-refractivity contribution is 0.0997. The highest BCUT2D eigenvalue weighted by Gasteiger charge is 2.13. The van der Waals surface area contributed by atoms with Crippen LogP contribution in [0.25, 0.3) is 11.0 Å². The molecule has 2 aromatic carbocycles. The molecule has 0 aliphatic heterocycles. The van der Waals surface area contributed by atoms with Gasteiger partial charge in [0.1, 0.15) is 17.1 Å². The Hall–Kier alpha value is -4.00. The minimum absolute atomic E-state index is 0.102. The summed E-state index contributed by atoms with van der Waals surface area (Å²) in [5, 5.41) is 3.02. The van der Waals surface area contributed by atoms with Gasteiger partial charge in [0.05, 0.1) is 17.3 Å². The maximum Gasteiger partial charge on any atom is 0.291 e. The first-order valence-corrected chi connectivity index (χ1v) is 8.32. The number of halogens is 1. The second-order valence-electron chi connectivity index (χ2n) is 5.87. The number of ether oxygens (including phenoxy) is 1. The molecule has 2 aromatic heterocycles. The molecule has 0 spiro atoms. The van der Waals surface area contributed by atoms with Crippen LogP contribution in [0.15, 0.2) is 82.1 Å². The topological polar surface area (TPSA) is 81.4 Å². The Morgan fingerprint density at radius 1 is 1.04 bits per heavy atom. The lowest BCUT2D eigenvalue weighted by Gasteiger charge is -2.07. The number of hydrogen-bond acceptors (Lipinski definition) is 5. The van der Waals surface area contributed by atoms with E-state index < -0.39 is 5.91 Å². The van der Waals surface area contributed by atoms with Gasteiger partial charge in [0, 0.05) is 12.1 Å². The molecule has 7 heteroatoms. The van der Waals surface area contributed by atoms with Crippen LogP contribution in [-0.2, 0) is 0 Å². The Balaban J connectivity index is 1.49. The number of carbonyl (C=O) groups is 1. The summed E-state index contributed by atoms with van der Waals surface area (Å²) < 4.78 is 23.9. The van der Waals surface area contributed by atoms with Gasteiger partial charge in [-0.25, -0.2) is 9.37 Å². The van der Waals surface area contributed by atoms with Crippen molar-refractivity contribution in [1.29, 1.82) is 0 Å². The molecule has 138 valence electrons. The average Bonchev–Trinajstić information content (AvgIpc) is 2.71. The number of benzene rings is 2. The van der Waals surface area contributed by atoms with Gasteiger partial charge in [0.25, 0.3) is 5.91 Å². The molecule has 0 saturated heterocycles. The molecule has 1 N–H and O–H groups in total. The van der Waals surface area contributed by atoms with Crippen LogP contribution in [-0.4, -0.2) is 10.9 Å². The number of anilines is 1. The van der Waals surface area contributed by atoms with Crippen LogP contribution in [0.3, 0.4) is 0 Å². The van der Waals surface area contributed by atoms with Gasteiger partial charge in [-0.3, -0.25) is 9.59 Å². The van der Waals surface area contributed by atoms with Crippen LogP contribution in [0.5, 0.6) is 11.6 Å². The van der Waals surface area contributed by atoms with Crippen molar-refractivity contribution >= 4 is 22.6 Å². The first-order chi connectivity index (χ1) is 13.6. The molecule has 0 saturated carbocycles. The highest BCUT2D eigenvalue weighted by atomic mass is 19.1. The van der Waals surface area contributed by atoms with Crippen LogP contribution >= 0.6 is 0 Å². The Morgan fingerprint density at radius 3 is 2.57 bits per heavy atom. The molecule has 0 fully saturated rings. The summed E-state index contributed by atoms with van der Waals surface area (Å²) in [6.45, 7) is 0. The van der Waals surface area contributed by atoms with Crippen molar-refractivity contribution in [3.8, 4) is 11.6 Å². The molecule has 0 aliphatic rings. The molecule has 0 unspecified atom stereocenters. The number of fused-ring (bicyclic) bond motifs is 1. The van der Waals surface area contributed by atoms with E-state index in [1.807, 2.05) is 0 Å². The van der Waals surface area contributed by atoms with E-state index in [4.69, 9.17) is 9.15 Å². The molecule has 0 aliphatic carbocycles. The standard InChI is InChI=1S/C21H13FN2O4/c22-13-5-8-15(9-6-13)27-20-10-7-14(12-23-20)24-21(26)19-11-17(25)16-3-1-2-4-18(16)28-19/h1-12H,(H,24,26). The Labute approximate surface area is 158 Å². The second-order valence-corrected chi connectivity index (χ2v) is 5.87. The first-order valence-electron chi connectivity index (χ1n) is 8.32. The highest BCUT2D eigenvalue weighted by Crippen LogP contribution is 2.21.